The van der Waals surface area contributed by atoms with E-state index in [1.54, 1.807) is 18.6 Å². The Bertz CT molecular complexity index is 851. The molecular weight excluding hydrogens is 302 g/mol. The van der Waals surface area contributed by atoms with Crippen molar-refractivity contribution in [3.63, 3.8) is 0 Å². The summed E-state index contributed by atoms with van der Waals surface area (Å²) < 4.78 is 0. The molecular formula is C17H17N7. The molecule has 0 aliphatic carbocycles. The van der Waals surface area contributed by atoms with Crippen LogP contribution in [0.3, 0.4) is 0 Å². The van der Waals surface area contributed by atoms with Crippen molar-refractivity contribution >= 4 is 5.82 Å². The van der Waals surface area contributed by atoms with Crippen molar-refractivity contribution in [3.8, 4) is 11.4 Å². The molecule has 0 radical (unpaired) electrons. The summed E-state index contributed by atoms with van der Waals surface area (Å²) >= 11 is 0. The lowest BCUT2D eigenvalue weighted by Gasteiger charge is -2.28. The molecule has 0 saturated heterocycles. The lowest BCUT2D eigenvalue weighted by Crippen LogP contribution is -2.31. The largest absolute Gasteiger partial charge is 0.383 e. The van der Waals surface area contributed by atoms with Gasteiger partial charge in [-0.05, 0) is 6.07 Å². The third kappa shape index (κ3) is 2.93. The van der Waals surface area contributed by atoms with E-state index in [2.05, 4.69) is 29.8 Å². The number of fused-ring (bicyclic) bond motifs is 1. The molecule has 1 aliphatic heterocycles. The minimum absolute atomic E-state index is 0.596. The fourth-order valence-electron chi connectivity index (χ4n) is 2.89. The lowest BCUT2D eigenvalue weighted by molar-refractivity contribution is 0.243. The van der Waals surface area contributed by atoms with Crippen LogP contribution in [0.1, 0.15) is 16.8 Å². The van der Waals surface area contributed by atoms with Gasteiger partial charge in [-0.1, -0.05) is 6.07 Å². The Balaban J connectivity index is 1.53. The van der Waals surface area contributed by atoms with E-state index in [1.165, 1.54) is 6.33 Å². The second kappa shape index (κ2) is 6.29. The van der Waals surface area contributed by atoms with Gasteiger partial charge < -0.3 is 5.73 Å². The Kier molecular flexibility index (Phi) is 3.84. The highest BCUT2D eigenvalue weighted by molar-refractivity contribution is 5.52. The Morgan fingerprint density at radius 2 is 2.00 bits per heavy atom. The number of anilines is 1. The first-order valence-electron chi connectivity index (χ1n) is 7.81. The normalized spacial score (nSPS) is 14.3. The Morgan fingerprint density at radius 1 is 1.12 bits per heavy atom. The van der Waals surface area contributed by atoms with E-state index in [-0.39, 0.29) is 0 Å². The number of pyridine rings is 1. The van der Waals surface area contributed by atoms with Gasteiger partial charge in [-0.15, -0.1) is 0 Å². The minimum atomic E-state index is 0.596. The maximum atomic E-state index is 5.94. The van der Waals surface area contributed by atoms with Crippen LogP contribution in [0.25, 0.3) is 11.4 Å². The molecule has 120 valence electrons. The highest BCUT2D eigenvalue weighted by Crippen LogP contribution is 2.22. The first-order valence-corrected chi connectivity index (χ1v) is 7.81. The second-order valence-electron chi connectivity index (χ2n) is 5.80. The van der Waals surface area contributed by atoms with E-state index in [0.29, 0.717) is 11.6 Å². The predicted octanol–water partition coefficient (Wildman–Crippen LogP) is 1.47. The molecule has 4 heterocycles. The fourth-order valence-corrected chi connectivity index (χ4v) is 2.89. The minimum Gasteiger partial charge on any atom is -0.383 e. The van der Waals surface area contributed by atoms with E-state index in [1.807, 2.05) is 18.3 Å². The second-order valence-corrected chi connectivity index (χ2v) is 5.80. The van der Waals surface area contributed by atoms with Crippen molar-refractivity contribution in [1.82, 2.24) is 29.8 Å². The van der Waals surface area contributed by atoms with E-state index >= 15 is 0 Å². The topological polar surface area (TPSA) is 93.7 Å². The number of nitrogen functional groups attached to an aromatic ring is 1. The van der Waals surface area contributed by atoms with Gasteiger partial charge in [-0.3, -0.25) is 4.90 Å². The summed E-state index contributed by atoms with van der Waals surface area (Å²) in [7, 11) is 0. The third-order valence-electron chi connectivity index (χ3n) is 4.15. The fraction of sp³-hybridized carbons (Fsp3) is 0.235. The molecule has 3 aromatic rings. The van der Waals surface area contributed by atoms with Crippen LogP contribution in [0.5, 0.6) is 0 Å². The number of nitrogens with zero attached hydrogens (tertiary/aromatic N) is 6. The predicted molar refractivity (Wildman–Crippen MR) is 89.5 cm³/mol. The quantitative estimate of drug-likeness (QED) is 0.781. The SMILES string of the molecule is Nc1ncccc1CN1CCc2nc(-c3cncnc3)ncc2C1. The molecule has 7 heteroatoms. The summed E-state index contributed by atoms with van der Waals surface area (Å²) in [5.41, 5.74) is 10.1. The van der Waals surface area contributed by atoms with Crippen molar-refractivity contribution in [2.75, 3.05) is 12.3 Å². The molecule has 0 saturated carbocycles. The van der Waals surface area contributed by atoms with Gasteiger partial charge >= 0.3 is 0 Å². The summed E-state index contributed by atoms with van der Waals surface area (Å²) in [6.45, 7) is 2.53. The van der Waals surface area contributed by atoms with Gasteiger partial charge in [0, 0.05) is 62.0 Å². The van der Waals surface area contributed by atoms with Gasteiger partial charge in [-0.2, -0.15) is 0 Å². The summed E-state index contributed by atoms with van der Waals surface area (Å²) in [5.74, 6) is 1.28. The highest BCUT2D eigenvalue weighted by atomic mass is 15.1. The van der Waals surface area contributed by atoms with Crippen LogP contribution in [0.2, 0.25) is 0 Å². The molecule has 3 aromatic heterocycles. The van der Waals surface area contributed by atoms with Crippen molar-refractivity contribution in [2.24, 2.45) is 0 Å². The number of aromatic nitrogens is 5. The zero-order chi connectivity index (χ0) is 16.4. The van der Waals surface area contributed by atoms with Gasteiger partial charge in [0.15, 0.2) is 5.82 Å². The maximum absolute atomic E-state index is 5.94. The van der Waals surface area contributed by atoms with Crippen LogP contribution in [0, 0.1) is 0 Å². The molecule has 0 bridgehead atoms. The lowest BCUT2D eigenvalue weighted by atomic mass is 10.1. The van der Waals surface area contributed by atoms with Crippen LogP contribution >= 0.6 is 0 Å². The highest BCUT2D eigenvalue weighted by Gasteiger charge is 2.19. The number of nitrogens with two attached hydrogens (primary N) is 1. The number of hydrogen-bond acceptors (Lipinski definition) is 7. The summed E-state index contributed by atoms with van der Waals surface area (Å²) in [6.07, 6.45) is 9.48. The molecule has 0 spiro atoms. The molecule has 4 rings (SSSR count). The van der Waals surface area contributed by atoms with Gasteiger partial charge in [0.05, 0.1) is 11.3 Å². The van der Waals surface area contributed by atoms with Crippen LogP contribution in [-0.2, 0) is 19.5 Å². The van der Waals surface area contributed by atoms with Crippen LogP contribution in [0.4, 0.5) is 5.82 Å². The molecule has 0 atom stereocenters. The first kappa shape index (κ1) is 14.6. The Morgan fingerprint density at radius 3 is 2.83 bits per heavy atom. The standard InChI is InChI=1S/C17H17N7/c18-16-12(2-1-4-21-16)9-24-5-3-15-14(10-24)8-22-17(23-15)13-6-19-11-20-7-13/h1-2,4,6-8,11H,3,5,9-10H2,(H2,18,21). The summed E-state index contributed by atoms with van der Waals surface area (Å²) in [5, 5.41) is 0. The average molecular weight is 319 g/mol. The van der Waals surface area contributed by atoms with E-state index in [4.69, 9.17) is 5.73 Å². The molecule has 0 unspecified atom stereocenters. The monoisotopic (exact) mass is 319 g/mol. The molecule has 1 aliphatic rings. The van der Waals surface area contributed by atoms with Gasteiger partial charge in [0.25, 0.3) is 0 Å². The van der Waals surface area contributed by atoms with Crippen molar-refractivity contribution in [1.29, 1.82) is 0 Å². The molecule has 7 nitrogen and oxygen atoms in total. The van der Waals surface area contributed by atoms with Crippen molar-refractivity contribution in [3.05, 3.63) is 60.1 Å². The van der Waals surface area contributed by atoms with E-state index < -0.39 is 0 Å². The summed E-state index contributed by atoms with van der Waals surface area (Å²) in [6, 6.07) is 3.94. The van der Waals surface area contributed by atoms with Crippen molar-refractivity contribution < 1.29 is 0 Å². The molecule has 0 fully saturated rings. The van der Waals surface area contributed by atoms with E-state index in [9.17, 15) is 0 Å². The molecule has 0 amide bonds. The summed E-state index contributed by atoms with van der Waals surface area (Å²) in [4.78, 5) is 23.7. The number of hydrogen-bond donors (Lipinski definition) is 1. The Labute approximate surface area is 139 Å². The van der Waals surface area contributed by atoms with Gasteiger partial charge in [-0.25, -0.2) is 24.9 Å². The van der Waals surface area contributed by atoms with Crippen LogP contribution in [-0.4, -0.2) is 36.4 Å². The molecule has 24 heavy (non-hydrogen) atoms. The maximum Gasteiger partial charge on any atom is 0.162 e. The smallest absolute Gasteiger partial charge is 0.162 e. The van der Waals surface area contributed by atoms with Gasteiger partial charge in [0.2, 0.25) is 0 Å². The first-order chi connectivity index (χ1) is 11.8. The van der Waals surface area contributed by atoms with Gasteiger partial charge in [0.1, 0.15) is 12.1 Å². The Hall–Kier alpha value is -2.93. The average Bonchev–Trinajstić information content (AvgIpc) is 2.64. The molecule has 2 N–H and O–H groups in total. The van der Waals surface area contributed by atoms with Crippen LogP contribution < -0.4 is 5.73 Å². The molecule has 0 aromatic carbocycles. The van der Waals surface area contributed by atoms with Crippen LogP contribution in [0.15, 0.2) is 43.2 Å². The zero-order valence-electron chi connectivity index (χ0n) is 13.1. The zero-order valence-corrected chi connectivity index (χ0v) is 13.1. The van der Waals surface area contributed by atoms with E-state index in [0.717, 1.165) is 48.4 Å². The third-order valence-corrected chi connectivity index (χ3v) is 4.15. The number of rotatable bonds is 3. The van der Waals surface area contributed by atoms with Crippen molar-refractivity contribution in [2.45, 2.75) is 19.5 Å².